The molecule has 0 spiro atoms. The molecule has 1 aliphatic rings. The topological polar surface area (TPSA) is 21.8 Å². The van der Waals surface area contributed by atoms with Crippen molar-refractivity contribution in [1.29, 1.82) is 0 Å². The first-order valence-electron chi connectivity index (χ1n) is 5.32. The van der Waals surface area contributed by atoms with Gasteiger partial charge < -0.3 is 9.47 Å². The van der Waals surface area contributed by atoms with Crippen LogP contribution in [0.25, 0.3) is 0 Å². The van der Waals surface area contributed by atoms with E-state index >= 15 is 0 Å². The van der Waals surface area contributed by atoms with Crippen molar-refractivity contribution in [3.8, 4) is 5.75 Å². The minimum absolute atomic E-state index is 0.107. The van der Waals surface area contributed by atoms with E-state index < -0.39 is 0 Å². The molecule has 0 amide bonds. The highest BCUT2D eigenvalue weighted by Crippen LogP contribution is 2.37. The molecule has 82 valence electrons. The zero-order valence-electron chi connectivity index (χ0n) is 9.83. The number of benzene rings is 1. The molecule has 1 saturated heterocycles. The van der Waals surface area contributed by atoms with Crippen LogP contribution in [0.2, 0.25) is 0 Å². The number of epoxide rings is 1. The van der Waals surface area contributed by atoms with Gasteiger partial charge >= 0.3 is 0 Å². The van der Waals surface area contributed by atoms with Gasteiger partial charge in [0.2, 0.25) is 0 Å². The molecule has 0 aromatic heterocycles. The van der Waals surface area contributed by atoms with Gasteiger partial charge in [0.15, 0.2) is 0 Å². The number of hydrogen-bond acceptors (Lipinski definition) is 2. The Balaban J connectivity index is 2.42. The van der Waals surface area contributed by atoms with Gasteiger partial charge in [0, 0.05) is 0 Å². The first-order valence-corrected chi connectivity index (χ1v) is 5.32. The van der Waals surface area contributed by atoms with Gasteiger partial charge in [-0.3, -0.25) is 0 Å². The summed E-state index contributed by atoms with van der Waals surface area (Å²) in [6, 6.07) is 6.33. The number of ether oxygens (including phenoxy) is 2. The molecule has 0 aliphatic carbocycles. The molecule has 0 bridgehead atoms. The molecule has 15 heavy (non-hydrogen) atoms. The maximum Gasteiger partial charge on any atom is 0.122 e. The van der Waals surface area contributed by atoms with Gasteiger partial charge in [0.25, 0.3) is 0 Å². The Labute approximate surface area is 91.2 Å². The lowest BCUT2D eigenvalue weighted by Gasteiger charge is -2.22. The molecule has 1 aliphatic heterocycles. The third kappa shape index (κ3) is 2.15. The van der Waals surface area contributed by atoms with E-state index in [1.165, 1.54) is 11.1 Å². The van der Waals surface area contributed by atoms with Gasteiger partial charge in [0.1, 0.15) is 11.9 Å². The summed E-state index contributed by atoms with van der Waals surface area (Å²) in [7, 11) is 1.72. The average molecular weight is 206 g/mol. The van der Waals surface area contributed by atoms with Crippen LogP contribution in [0.1, 0.15) is 38.0 Å². The Kier molecular flexibility index (Phi) is 2.47. The SMILES string of the molecule is COc1ccc(C2CO2)cc1C(C)(C)C. The van der Waals surface area contributed by atoms with Gasteiger partial charge in [0.05, 0.1) is 13.7 Å². The van der Waals surface area contributed by atoms with Crippen LogP contribution >= 0.6 is 0 Å². The molecule has 0 N–H and O–H groups in total. The molecule has 1 heterocycles. The second-order valence-corrected chi connectivity index (χ2v) is 5.03. The Hall–Kier alpha value is -1.02. The summed E-state index contributed by atoms with van der Waals surface area (Å²) in [5, 5.41) is 0. The fourth-order valence-electron chi connectivity index (χ4n) is 1.75. The van der Waals surface area contributed by atoms with E-state index in [0.717, 1.165) is 12.4 Å². The van der Waals surface area contributed by atoms with E-state index in [0.29, 0.717) is 6.10 Å². The highest BCUT2D eigenvalue weighted by atomic mass is 16.6. The van der Waals surface area contributed by atoms with E-state index in [2.05, 4.69) is 32.9 Å². The summed E-state index contributed by atoms with van der Waals surface area (Å²) in [5.41, 5.74) is 2.62. The predicted molar refractivity (Wildman–Crippen MR) is 60.4 cm³/mol. The van der Waals surface area contributed by atoms with Crippen LogP contribution in [-0.2, 0) is 10.2 Å². The third-order valence-corrected chi connectivity index (χ3v) is 2.74. The zero-order valence-corrected chi connectivity index (χ0v) is 9.83. The molecule has 0 radical (unpaired) electrons. The lowest BCUT2D eigenvalue weighted by molar-refractivity contribution is 0.394. The summed E-state index contributed by atoms with van der Waals surface area (Å²) in [6.07, 6.45) is 0.317. The molecule has 0 saturated carbocycles. The average Bonchev–Trinajstić information content (AvgIpc) is 2.98. The van der Waals surface area contributed by atoms with E-state index in [4.69, 9.17) is 9.47 Å². The summed E-state index contributed by atoms with van der Waals surface area (Å²) in [4.78, 5) is 0. The fraction of sp³-hybridized carbons (Fsp3) is 0.538. The van der Waals surface area contributed by atoms with Crippen molar-refractivity contribution < 1.29 is 9.47 Å². The van der Waals surface area contributed by atoms with E-state index in [9.17, 15) is 0 Å². The third-order valence-electron chi connectivity index (χ3n) is 2.74. The van der Waals surface area contributed by atoms with Gasteiger partial charge in [-0.05, 0) is 28.7 Å². The van der Waals surface area contributed by atoms with Crippen LogP contribution in [0.5, 0.6) is 5.75 Å². The highest BCUT2D eigenvalue weighted by molar-refractivity contribution is 5.42. The van der Waals surface area contributed by atoms with Crippen molar-refractivity contribution in [3.05, 3.63) is 29.3 Å². The maximum absolute atomic E-state index is 5.39. The molecular formula is C13H18O2. The van der Waals surface area contributed by atoms with Crippen molar-refractivity contribution in [3.63, 3.8) is 0 Å². The molecule has 1 aromatic rings. The van der Waals surface area contributed by atoms with E-state index in [-0.39, 0.29) is 5.41 Å². The van der Waals surface area contributed by atoms with Crippen molar-refractivity contribution >= 4 is 0 Å². The molecule has 1 fully saturated rings. The standard InChI is InChI=1S/C13H18O2/c1-13(2,3)10-7-9(12-8-15-12)5-6-11(10)14-4/h5-7,12H,8H2,1-4H3. The van der Waals surface area contributed by atoms with Crippen LogP contribution in [0.3, 0.4) is 0 Å². The Morgan fingerprint density at radius 3 is 2.47 bits per heavy atom. The summed E-state index contributed by atoms with van der Waals surface area (Å²) < 4.78 is 10.7. The largest absolute Gasteiger partial charge is 0.496 e. The Morgan fingerprint density at radius 1 is 1.33 bits per heavy atom. The van der Waals surface area contributed by atoms with Gasteiger partial charge in [-0.25, -0.2) is 0 Å². The molecule has 1 atom stereocenters. The lowest BCUT2D eigenvalue weighted by atomic mass is 9.85. The van der Waals surface area contributed by atoms with Crippen LogP contribution in [0.4, 0.5) is 0 Å². The number of hydrogen-bond donors (Lipinski definition) is 0. The Bertz CT molecular complexity index is 359. The maximum atomic E-state index is 5.39. The van der Waals surface area contributed by atoms with Crippen LogP contribution < -0.4 is 4.74 Å². The van der Waals surface area contributed by atoms with Crippen LogP contribution in [0.15, 0.2) is 18.2 Å². The van der Waals surface area contributed by atoms with Crippen molar-refractivity contribution in [1.82, 2.24) is 0 Å². The number of methoxy groups -OCH3 is 1. The van der Waals surface area contributed by atoms with Gasteiger partial charge in [-0.15, -0.1) is 0 Å². The van der Waals surface area contributed by atoms with Crippen molar-refractivity contribution in [2.24, 2.45) is 0 Å². The summed E-state index contributed by atoms with van der Waals surface area (Å²) >= 11 is 0. The van der Waals surface area contributed by atoms with Gasteiger partial charge in [-0.1, -0.05) is 26.8 Å². The smallest absolute Gasteiger partial charge is 0.122 e. The molecular weight excluding hydrogens is 188 g/mol. The molecule has 2 heteroatoms. The molecule has 1 unspecified atom stereocenters. The van der Waals surface area contributed by atoms with E-state index in [1.54, 1.807) is 7.11 Å². The normalized spacial score (nSPS) is 20.1. The summed E-state index contributed by atoms with van der Waals surface area (Å²) in [6.45, 7) is 7.45. The van der Waals surface area contributed by atoms with Crippen molar-refractivity contribution in [2.75, 3.05) is 13.7 Å². The molecule has 2 rings (SSSR count). The minimum Gasteiger partial charge on any atom is -0.496 e. The zero-order chi connectivity index (χ0) is 11.1. The van der Waals surface area contributed by atoms with Crippen molar-refractivity contribution in [2.45, 2.75) is 32.3 Å². The first kappa shape index (κ1) is 10.5. The molecule has 1 aromatic carbocycles. The van der Waals surface area contributed by atoms with E-state index in [1.807, 2.05) is 6.07 Å². The molecule has 2 nitrogen and oxygen atoms in total. The second-order valence-electron chi connectivity index (χ2n) is 5.03. The lowest BCUT2D eigenvalue weighted by Crippen LogP contribution is -2.13. The monoisotopic (exact) mass is 206 g/mol. The van der Waals surface area contributed by atoms with Gasteiger partial charge in [-0.2, -0.15) is 0 Å². The Morgan fingerprint density at radius 2 is 2.00 bits per heavy atom. The quantitative estimate of drug-likeness (QED) is 0.694. The predicted octanol–water partition coefficient (Wildman–Crippen LogP) is 3.06. The van der Waals surface area contributed by atoms with Crippen LogP contribution in [-0.4, -0.2) is 13.7 Å². The fourth-order valence-corrected chi connectivity index (χ4v) is 1.75. The number of rotatable bonds is 2. The minimum atomic E-state index is 0.107. The highest BCUT2D eigenvalue weighted by Gasteiger charge is 2.27. The summed E-state index contributed by atoms with van der Waals surface area (Å²) in [5.74, 6) is 0.965. The second kappa shape index (κ2) is 3.53. The first-order chi connectivity index (χ1) is 7.02. The van der Waals surface area contributed by atoms with Crippen LogP contribution in [0, 0.1) is 0 Å².